The van der Waals surface area contributed by atoms with E-state index in [2.05, 4.69) is 5.10 Å². The van der Waals surface area contributed by atoms with Crippen molar-refractivity contribution in [2.45, 2.75) is 18.2 Å². The summed E-state index contributed by atoms with van der Waals surface area (Å²) >= 11 is 5.98. The highest BCUT2D eigenvalue weighted by Gasteiger charge is 2.24. The number of hydrogen-bond acceptors (Lipinski definition) is 3. The van der Waals surface area contributed by atoms with Gasteiger partial charge in [0, 0.05) is 16.8 Å². The molecule has 0 aliphatic rings. The van der Waals surface area contributed by atoms with Crippen molar-refractivity contribution in [3.8, 4) is 16.9 Å². The van der Waals surface area contributed by atoms with E-state index in [9.17, 15) is 26.0 Å². The Bertz CT molecular complexity index is 1150. The Balaban J connectivity index is 2.26. The molecule has 0 saturated heterocycles. The number of alkyl halides is 2. The highest BCUT2D eigenvalue weighted by atomic mass is 35.5. The van der Waals surface area contributed by atoms with Crippen LogP contribution in [0.2, 0.25) is 5.02 Å². The predicted molar refractivity (Wildman–Crippen MR) is 96.7 cm³/mol. The van der Waals surface area contributed by atoms with Crippen LogP contribution in [-0.4, -0.2) is 24.5 Å². The van der Waals surface area contributed by atoms with Gasteiger partial charge in [0.15, 0.2) is 9.84 Å². The monoisotopic (exact) mass is 432 g/mol. The summed E-state index contributed by atoms with van der Waals surface area (Å²) in [5.41, 5.74) is 0.209. The first-order valence-electron chi connectivity index (χ1n) is 7.83. The Morgan fingerprint density at radius 2 is 1.68 bits per heavy atom. The van der Waals surface area contributed by atoms with Crippen LogP contribution in [0.1, 0.15) is 17.7 Å². The Labute approximate surface area is 163 Å². The number of halogens is 5. The van der Waals surface area contributed by atoms with E-state index in [0.717, 1.165) is 22.9 Å². The van der Waals surface area contributed by atoms with Gasteiger partial charge in [-0.05, 0) is 48.9 Å². The van der Waals surface area contributed by atoms with Gasteiger partial charge >= 0.3 is 0 Å². The second kappa shape index (κ2) is 7.21. The maximum atomic E-state index is 14.3. The van der Waals surface area contributed by atoms with Gasteiger partial charge in [0.05, 0.1) is 11.4 Å². The fraction of sp³-hybridized carbons (Fsp3) is 0.167. The molecule has 0 bridgehead atoms. The predicted octanol–water partition coefficient (Wildman–Crippen LogP) is 5.12. The molecule has 0 amide bonds. The minimum absolute atomic E-state index is 0.0325. The van der Waals surface area contributed by atoms with Crippen molar-refractivity contribution in [3.05, 3.63) is 64.3 Å². The molecule has 1 heterocycles. The molecule has 0 atom stereocenters. The maximum Gasteiger partial charge on any atom is 0.282 e. The summed E-state index contributed by atoms with van der Waals surface area (Å²) < 4.78 is 79.2. The molecular formula is C18H13ClF4N2O2S. The zero-order valence-electron chi connectivity index (χ0n) is 14.6. The number of sulfone groups is 1. The normalized spacial score (nSPS) is 12.0. The van der Waals surface area contributed by atoms with Crippen LogP contribution in [0.3, 0.4) is 0 Å². The Hall–Kier alpha value is -2.39. The van der Waals surface area contributed by atoms with Crippen molar-refractivity contribution >= 4 is 21.4 Å². The lowest BCUT2D eigenvalue weighted by molar-refractivity contribution is 0.145. The van der Waals surface area contributed by atoms with Gasteiger partial charge in [-0.3, -0.25) is 0 Å². The van der Waals surface area contributed by atoms with Crippen LogP contribution in [0.5, 0.6) is 0 Å². The first kappa shape index (κ1) is 20.3. The molecule has 4 nitrogen and oxygen atoms in total. The number of benzene rings is 2. The quantitative estimate of drug-likeness (QED) is 0.538. The second-order valence-corrected chi connectivity index (χ2v) is 8.50. The molecule has 0 aliphatic heterocycles. The lowest BCUT2D eigenvalue weighted by Crippen LogP contribution is -2.06. The second-order valence-electron chi connectivity index (χ2n) is 6.14. The van der Waals surface area contributed by atoms with Crippen LogP contribution in [0.15, 0.2) is 41.3 Å². The van der Waals surface area contributed by atoms with E-state index in [4.69, 9.17) is 11.6 Å². The van der Waals surface area contributed by atoms with Crippen molar-refractivity contribution in [2.75, 3.05) is 6.26 Å². The van der Waals surface area contributed by atoms with Gasteiger partial charge in [-0.15, -0.1) is 0 Å². The molecular weight excluding hydrogens is 420 g/mol. The molecule has 0 unspecified atom stereocenters. The van der Waals surface area contributed by atoms with Crippen LogP contribution >= 0.6 is 11.6 Å². The standard InChI is InChI=1S/C18H13ClF4N2O2S/c1-9-5-11(3-4-12(9)19)25-16(8-15(24-25)18(22)23)10-6-13(20)17(14(21)7-10)28(2,26)27/h3-8,18H,1-2H3. The summed E-state index contributed by atoms with van der Waals surface area (Å²) in [6, 6.07) is 7.15. The van der Waals surface area contributed by atoms with Crippen LogP contribution in [0.4, 0.5) is 17.6 Å². The lowest BCUT2D eigenvalue weighted by atomic mass is 10.1. The van der Waals surface area contributed by atoms with Crippen molar-refractivity contribution in [1.82, 2.24) is 9.78 Å². The number of aryl methyl sites for hydroxylation is 1. The molecule has 0 radical (unpaired) electrons. The van der Waals surface area contributed by atoms with Crippen LogP contribution in [-0.2, 0) is 9.84 Å². The molecule has 10 heteroatoms. The molecule has 0 aliphatic carbocycles. The smallest absolute Gasteiger partial charge is 0.233 e. The number of hydrogen-bond donors (Lipinski definition) is 0. The third-order valence-corrected chi connectivity index (χ3v) is 5.56. The van der Waals surface area contributed by atoms with Gasteiger partial charge in [-0.2, -0.15) is 5.10 Å². The fourth-order valence-corrected chi connectivity index (χ4v) is 3.67. The Morgan fingerprint density at radius 1 is 1.07 bits per heavy atom. The SMILES string of the molecule is Cc1cc(-n2nc(C(F)F)cc2-c2cc(F)c(S(C)(=O)=O)c(F)c2)ccc1Cl. The first-order chi connectivity index (χ1) is 13.0. The van der Waals surface area contributed by atoms with Crippen molar-refractivity contribution < 1.29 is 26.0 Å². The Kier molecular flexibility index (Phi) is 5.24. The molecule has 2 aromatic carbocycles. The zero-order chi connectivity index (χ0) is 20.8. The van der Waals surface area contributed by atoms with Gasteiger partial charge in [0.25, 0.3) is 6.43 Å². The third-order valence-electron chi connectivity index (χ3n) is 4.00. The summed E-state index contributed by atoms with van der Waals surface area (Å²) in [5, 5.41) is 4.26. The molecule has 148 valence electrons. The van der Waals surface area contributed by atoms with Gasteiger partial charge in [0.1, 0.15) is 22.2 Å². The van der Waals surface area contributed by atoms with Gasteiger partial charge in [0.2, 0.25) is 0 Å². The summed E-state index contributed by atoms with van der Waals surface area (Å²) in [6.07, 6.45) is -2.25. The number of aromatic nitrogens is 2. The van der Waals surface area contributed by atoms with E-state index < -0.39 is 38.5 Å². The van der Waals surface area contributed by atoms with Crippen LogP contribution < -0.4 is 0 Å². The van der Waals surface area contributed by atoms with E-state index in [1.165, 1.54) is 12.1 Å². The summed E-state index contributed by atoms with van der Waals surface area (Å²) in [4.78, 5) is -1.08. The molecule has 0 N–H and O–H groups in total. The molecule has 3 aromatic rings. The molecule has 0 fully saturated rings. The minimum Gasteiger partial charge on any atom is -0.233 e. The third kappa shape index (κ3) is 3.77. The largest absolute Gasteiger partial charge is 0.282 e. The lowest BCUT2D eigenvalue weighted by Gasteiger charge is -2.11. The highest BCUT2D eigenvalue weighted by molar-refractivity contribution is 7.90. The van der Waals surface area contributed by atoms with E-state index in [1.54, 1.807) is 13.0 Å². The fourth-order valence-electron chi connectivity index (χ4n) is 2.73. The topological polar surface area (TPSA) is 52.0 Å². The summed E-state index contributed by atoms with van der Waals surface area (Å²) in [5.74, 6) is -2.65. The first-order valence-corrected chi connectivity index (χ1v) is 10.1. The van der Waals surface area contributed by atoms with E-state index in [1.807, 2.05) is 0 Å². The van der Waals surface area contributed by atoms with E-state index in [0.29, 0.717) is 22.5 Å². The molecule has 0 saturated carbocycles. The number of nitrogens with zero attached hydrogens (tertiary/aromatic N) is 2. The summed E-state index contributed by atoms with van der Waals surface area (Å²) in [6.45, 7) is 1.70. The Morgan fingerprint density at radius 3 is 2.18 bits per heavy atom. The number of rotatable bonds is 4. The van der Waals surface area contributed by atoms with Crippen LogP contribution in [0.25, 0.3) is 16.9 Å². The zero-order valence-corrected chi connectivity index (χ0v) is 16.1. The van der Waals surface area contributed by atoms with Gasteiger partial charge < -0.3 is 0 Å². The molecule has 28 heavy (non-hydrogen) atoms. The summed E-state index contributed by atoms with van der Waals surface area (Å²) in [7, 11) is -4.15. The van der Waals surface area contributed by atoms with Gasteiger partial charge in [-0.25, -0.2) is 30.7 Å². The minimum atomic E-state index is -4.15. The maximum absolute atomic E-state index is 14.3. The van der Waals surface area contributed by atoms with Crippen molar-refractivity contribution in [1.29, 1.82) is 0 Å². The highest BCUT2D eigenvalue weighted by Crippen LogP contribution is 2.32. The average Bonchev–Trinajstić information content (AvgIpc) is 3.01. The van der Waals surface area contributed by atoms with E-state index >= 15 is 0 Å². The average molecular weight is 433 g/mol. The van der Waals surface area contributed by atoms with Crippen molar-refractivity contribution in [3.63, 3.8) is 0 Å². The molecule has 1 aromatic heterocycles. The molecule has 3 rings (SSSR count). The molecule has 0 spiro atoms. The van der Waals surface area contributed by atoms with Crippen molar-refractivity contribution in [2.24, 2.45) is 0 Å². The van der Waals surface area contributed by atoms with Crippen LogP contribution in [0, 0.1) is 18.6 Å². The van der Waals surface area contributed by atoms with Gasteiger partial charge in [-0.1, -0.05) is 11.6 Å². The van der Waals surface area contributed by atoms with E-state index in [-0.39, 0.29) is 11.3 Å².